The minimum Gasteiger partial charge on any atom is -0.324 e. The second-order valence-corrected chi connectivity index (χ2v) is 5.24. The molecule has 0 aromatic heterocycles. The number of nitrogens with two attached hydrogens (primary N) is 1. The van der Waals surface area contributed by atoms with Crippen molar-refractivity contribution in [1.82, 2.24) is 0 Å². The highest BCUT2D eigenvalue weighted by Gasteiger charge is 2.08. The first-order chi connectivity index (χ1) is 8.65. The molecule has 0 radical (unpaired) electrons. The summed E-state index contributed by atoms with van der Waals surface area (Å²) in [5.74, 6) is -0.382. The Bertz CT molecular complexity index is 354. The number of hydrogen-bond acceptors (Lipinski definition) is 1. The van der Waals surface area contributed by atoms with Gasteiger partial charge in [0.15, 0.2) is 0 Å². The standard InChI is InChI=1S/C15H23ClFN/c1-2-3-4-5-6-7-8-15(18)12-9-10-14(17)13(16)11-12/h9-11,15H,2-8,18H2,1H3. The average molecular weight is 272 g/mol. The molecule has 2 N–H and O–H groups in total. The first-order valence-corrected chi connectivity index (χ1v) is 7.23. The molecule has 3 heteroatoms. The summed E-state index contributed by atoms with van der Waals surface area (Å²) < 4.78 is 13.0. The van der Waals surface area contributed by atoms with Crippen LogP contribution >= 0.6 is 11.6 Å². The Morgan fingerprint density at radius 2 is 1.83 bits per heavy atom. The van der Waals surface area contributed by atoms with E-state index in [4.69, 9.17) is 17.3 Å². The van der Waals surface area contributed by atoms with Crippen molar-refractivity contribution < 1.29 is 4.39 Å². The fraction of sp³-hybridized carbons (Fsp3) is 0.600. The SMILES string of the molecule is CCCCCCCCC(N)c1ccc(F)c(Cl)c1. The molecule has 1 unspecified atom stereocenters. The Morgan fingerprint density at radius 1 is 1.17 bits per heavy atom. The first kappa shape index (κ1) is 15.5. The zero-order valence-electron chi connectivity index (χ0n) is 11.1. The third-order valence-corrected chi connectivity index (χ3v) is 3.53. The summed E-state index contributed by atoms with van der Waals surface area (Å²) in [6.07, 6.45) is 8.47. The van der Waals surface area contributed by atoms with Crippen LogP contribution in [0.15, 0.2) is 18.2 Å². The molecule has 0 heterocycles. The molecule has 1 nitrogen and oxygen atoms in total. The molecular weight excluding hydrogens is 249 g/mol. The van der Waals surface area contributed by atoms with Crippen LogP contribution in [0.3, 0.4) is 0 Å². The lowest BCUT2D eigenvalue weighted by atomic mass is 10.0. The number of benzene rings is 1. The van der Waals surface area contributed by atoms with Crippen LogP contribution in [-0.4, -0.2) is 0 Å². The van der Waals surface area contributed by atoms with Gasteiger partial charge in [0.2, 0.25) is 0 Å². The van der Waals surface area contributed by atoms with Gasteiger partial charge in [0.05, 0.1) is 5.02 Å². The lowest BCUT2D eigenvalue weighted by molar-refractivity contribution is 0.546. The van der Waals surface area contributed by atoms with Gasteiger partial charge in [-0.05, 0) is 24.1 Å². The maximum absolute atomic E-state index is 13.0. The van der Waals surface area contributed by atoms with Crippen molar-refractivity contribution in [3.05, 3.63) is 34.6 Å². The highest BCUT2D eigenvalue weighted by molar-refractivity contribution is 6.30. The van der Waals surface area contributed by atoms with Gasteiger partial charge in [-0.15, -0.1) is 0 Å². The van der Waals surface area contributed by atoms with Crippen LogP contribution < -0.4 is 5.73 Å². The first-order valence-electron chi connectivity index (χ1n) is 6.85. The number of rotatable bonds is 8. The summed E-state index contributed by atoms with van der Waals surface area (Å²) in [4.78, 5) is 0. The Hall–Kier alpha value is -0.600. The molecule has 0 aliphatic rings. The monoisotopic (exact) mass is 271 g/mol. The quantitative estimate of drug-likeness (QED) is 0.644. The molecule has 1 aromatic rings. The van der Waals surface area contributed by atoms with E-state index in [1.807, 2.05) is 0 Å². The van der Waals surface area contributed by atoms with E-state index < -0.39 is 0 Å². The fourth-order valence-electron chi connectivity index (χ4n) is 2.05. The van der Waals surface area contributed by atoms with Gasteiger partial charge in [-0.25, -0.2) is 4.39 Å². The zero-order chi connectivity index (χ0) is 13.4. The molecule has 1 rings (SSSR count). The molecule has 0 spiro atoms. The minimum atomic E-state index is -0.382. The van der Waals surface area contributed by atoms with Gasteiger partial charge in [-0.1, -0.05) is 63.1 Å². The van der Waals surface area contributed by atoms with E-state index in [-0.39, 0.29) is 16.9 Å². The lowest BCUT2D eigenvalue weighted by Crippen LogP contribution is -2.10. The Morgan fingerprint density at radius 3 is 2.50 bits per heavy atom. The van der Waals surface area contributed by atoms with Crippen LogP contribution in [0.25, 0.3) is 0 Å². The van der Waals surface area contributed by atoms with E-state index in [9.17, 15) is 4.39 Å². The third-order valence-electron chi connectivity index (χ3n) is 3.24. The van der Waals surface area contributed by atoms with Crippen LogP contribution in [0.4, 0.5) is 4.39 Å². The Labute approximate surface area is 115 Å². The van der Waals surface area contributed by atoms with Crippen LogP contribution in [0.1, 0.15) is 63.5 Å². The van der Waals surface area contributed by atoms with E-state index in [2.05, 4.69) is 6.92 Å². The Kier molecular flexibility index (Phi) is 7.29. The van der Waals surface area contributed by atoms with Gasteiger partial charge >= 0.3 is 0 Å². The minimum absolute atomic E-state index is 0.0331. The van der Waals surface area contributed by atoms with E-state index in [0.29, 0.717) is 0 Å². The molecule has 0 fully saturated rings. The van der Waals surface area contributed by atoms with E-state index >= 15 is 0 Å². The third kappa shape index (κ3) is 5.36. The van der Waals surface area contributed by atoms with Gasteiger partial charge in [0, 0.05) is 6.04 Å². The van der Waals surface area contributed by atoms with E-state index in [0.717, 1.165) is 18.4 Å². The lowest BCUT2D eigenvalue weighted by Gasteiger charge is -2.12. The summed E-state index contributed by atoms with van der Waals surface area (Å²) in [5.41, 5.74) is 7.00. The van der Waals surface area contributed by atoms with Crippen LogP contribution in [0, 0.1) is 5.82 Å². The molecule has 0 saturated carbocycles. The highest BCUT2D eigenvalue weighted by atomic mass is 35.5. The number of unbranched alkanes of at least 4 members (excludes halogenated alkanes) is 5. The smallest absolute Gasteiger partial charge is 0.141 e. The second kappa shape index (κ2) is 8.49. The van der Waals surface area contributed by atoms with Crippen LogP contribution in [-0.2, 0) is 0 Å². The van der Waals surface area contributed by atoms with Crippen molar-refractivity contribution in [3.8, 4) is 0 Å². The molecule has 0 amide bonds. The van der Waals surface area contributed by atoms with Crippen molar-refractivity contribution in [2.24, 2.45) is 5.73 Å². The fourth-order valence-corrected chi connectivity index (χ4v) is 2.24. The summed E-state index contributed by atoms with van der Waals surface area (Å²) in [5, 5.41) is 0.158. The highest BCUT2D eigenvalue weighted by Crippen LogP contribution is 2.23. The Balaban J connectivity index is 2.27. The summed E-state index contributed by atoms with van der Waals surface area (Å²) >= 11 is 5.75. The normalized spacial score (nSPS) is 12.7. The van der Waals surface area contributed by atoms with E-state index in [1.54, 1.807) is 12.1 Å². The van der Waals surface area contributed by atoms with Crippen LogP contribution in [0.5, 0.6) is 0 Å². The second-order valence-electron chi connectivity index (χ2n) is 4.84. The van der Waals surface area contributed by atoms with Crippen molar-refractivity contribution in [2.45, 2.75) is 57.9 Å². The van der Waals surface area contributed by atoms with Crippen molar-refractivity contribution in [3.63, 3.8) is 0 Å². The van der Waals surface area contributed by atoms with Gasteiger partial charge in [-0.3, -0.25) is 0 Å². The van der Waals surface area contributed by atoms with Gasteiger partial charge < -0.3 is 5.73 Å². The van der Waals surface area contributed by atoms with Gasteiger partial charge in [0.25, 0.3) is 0 Å². The maximum atomic E-state index is 13.0. The number of hydrogen-bond donors (Lipinski definition) is 1. The molecule has 1 atom stereocenters. The molecule has 0 saturated heterocycles. The van der Waals surface area contributed by atoms with Crippen LogP contribution in [0.2, 0.25) is 5.02 Å². The molecule has 18 heavy (non-hydrogen) atoms. The van der Waals surface area contributed by atoms with E-state index in [1.165, 1.54) is 38.2 Å². The predicted molar refractivity (Wildman–Crippen MR) is 76.3 cm³/mol. The topological polar surface area (TPSA) is 26.0 Å². The largest absolute Gasteiger partial charge is 0.324 e. The van der Waals surface area contributed by atoms with Gasteiger partial charge in [0.1, 0.15) is 5.82 Å². The summed E-state index contributed by atoms with van der Waals surface area (Å²) in [6, 6.07) is 4.72. The summed E-state index contributed by atoms with van der Waals surface area (Å²) in [7, 11) is 0. The molecule has 0 bridgehead atoms. The molecule has 0 aliphatic carbocycles. The predicted octanol–water partition coefficient (Wildman–Crippen LogP) is 5.23. The maximum Gasteiger partial charge on any atom is 0.141 e. The van der Waals surface area contributed by atoms with Crippen molar-refractivity contribution in [2.75, 3.05) is 0 Å². The zero-order valence-corrected chi connectivity index (χ0v) is 11.8. The molecule has 1 aromatic carbocycles. The molecular formula is C15H23ClFN. The molecule has 0 aliphatic heterocycles. The summed E-state index contributed by atoms with van der Waals surface area (Å²) in [6.45, 7) is 2.22. The number of halogens is 2. The van der Waals surface area contributed by atoms with Crippen molar-refractivity contribution in [1.29, 1.82) is 0 Å². The van der Waals surface area contributed by atoms with Gasteiger partial charge in [-0.2, -0.15) is 0 Å². The van der Waals surface area contributed by atoms with Crippen molar-refractivity contribution >= 4 is 11.6 Å². The molecule has 102 valence electrons. The average Bonchev–Trinajstić information content (AvgIpc) is 2.36.